The molecule has 0 aromatic rings. The zero-order chi connectivity index (χ0) is 12.1. The third kappa shape index (κ3) is 3.23. The first kappa shape index (κ1) is 13.0. The molecule has 1 rings (SSSR count). The van der Waals surface area contributed by atoms with Gasteiger partial charge in [-0.3, -0.25) is 0 Å². The van der Waals surface area contributed by atoms with Crippen LogP contribution in [0, 0.1) is 11.8 Å². The van der Waals surface area contributed by atoms with Gasteiger partial charge in [0.1, 0.15) is 0 Å². The number of rotatable bonds is 4. The highest BCUT2D eigenvalue weighted by Gasteiger charge is 2.20. The SMILES string of the molecule is C=C(C/C(C)=C/C)C1=CC=CCC1C(C)C. The van der Waals surface area contributed by atoms with Crippen LogP contribution in [0.2, 0.25) is 0 Å². The largest absolute Gasteiger partial charge is 0.0952 e. The lowest BCUT2D eigenvalue weighted by molar-refractivity contribution is 0.447. The van der Waals surface area contributed by atoms with Crippen LogP contribution in [0.4, 0.5) is 0 Å². The standard InChI is InChI=1S/C16H24/c1-6-13(4)11-14(5)16-10-8-7-9-15(16)12(2)3/h6-8,10,12,15H,5,9,11H2,1-4H3/b13-6+. The van der Waals surface area contributed by atoms with Crippen molar-refractivity contribution in [1.82, 2.24) is 0 Å². The lowest BCUT2D eigenvalue weighted by Gasteiger charge is -2.26. The van der Waals surface area contributed by atoms with Gasteiger partial charge in [-0.15, -0.1) is 0 Å². The summed E-state index contributed by atoms with van der Waals surface area (Å²) in [4.78, 5) is 0. The van der Waals surface area contributed by atoms with Crippen molar-refractivity contribution in [2.45, 2.75) is 40.5 Å². The van der Waals surface area contributed by atoms with Crippen molar-refractivity contribution in [2.24, 2.45) is 11.8 Å². The Hall–Kier alpha value is -1.04. The Morgan fingerprint density at radius 1 is 1.56 bits per heavy atom. The quantitative estimate of drug-likeness (QED) is 0.576. The van der Waals surface area contributed by atoms with Crippen LogP contribution in [0.15, 0.2) is 47.6 Å². The molecule has 0 heteroatoms. The number of hydrogen-bond acceptors (Lipinski definition) is 0. The van der Waals surface area contributed by atoms with E-state index in [-0.39, 0.29) is 0 Å². The van der Waals surface area contributed by atoms with E-state index in [0.717, 1.165) is 12.8 Å². The molecule has 0 saturated heterocycles. The minimum atomic E-state index is 0.655. The molecule has 0 radical (unpaired) electrons. The van der Waals surface area contributed by atoms with Gasteiger partial charge in [-0.05, 0) is 49.7 Å². The highest BCUT2D eigenvalue weighted by atomic mass is 14.2. The fraction of sp³-hybridized carbons (Fsp3) is 0.500. The van der Waals surface area contributed by atoms with E-state index < -0.39 is 0 Å². The molecular weight excluding hydrogens is 192 g/mol. The molecule has 1 unspecified atom stereocenters. The molecule has 1 aliphatic carbocycles. The molecule has 16 heavy (non-hydrogen) atoms. The summed E-state index contributed by atoms with van der Waals surface area (Å²) in [5, 5.41) is 0. The number of allylic oxidation sites excluding steroid dienone is 7. The lowest BCUT2D eigenvalue weighted by Crippen LogP contribution is -2.14. The van der Waals surface area contributed by atoms with Gasteiger partial charge >= 0.3 is 0 Å². The molecule has 0 aromatic carbocycles. The second kappa shape index (κ2) is 5.89. The maximum atomic E-state index is 4.26. The molecule has 0 saturated carbocycles. The van der Waals surface area contributed by atoms with E-state index >= 15 is 0 Å². The lowest BCUT2D eigenvalue weighted by atomic mass is 9.78. The Kier molecular flexibility index (Phi) is 4.79. The monoisotopic (exact) mass is 216 g/mol. The van der Waals surface area contributed by atoms with Gasteiger partial charge in [0.2, 0.25) is 0 Å². The fourth-order valence-electron chi connectivity index (χ4n) is 2.20. The molecule has 88 valence electrons. The van der Waals surface area contributed by atoms with E-state index in [4.69, 9.17) is 0 Å². The molecule has 0 aromatic heterocycles. The second-order valence-electron chi connectivity index (χ2n) is 5.05. The molecule has 1 atom stereocenters. The molecule has 0 bridgehead atoms. The Labute approximate surface area is 100 Å². The summed E-state index contributed by atoms with van der Waals surface area (Å²) >= 11 is 0. The average Bonchev–Trinajstić information content (AvgIpc) is 2.28. The van der Waals surface area contributed by atoms with E-state index in [0.29, 0.717) is 11.8 Å². The molecule has 1 aliphatic rings. The van der Waals surface area contributed by atoms with Crippen molar-refractivity contribution in [3.63, 3.8) is 0 Å². The van der Waals surface area contributed by atoms with Crippen LogP contribution in [-0.2, 0) is 0 Å². The van der Waals surface area contributed by atoms with Crippen molar-refractivity contribution in [3.05, 3.63) is 47.6 Å². The average molecular weight is 216 g/mol. The van der Waals surface area contributed by atoms with E-state index in [1.807, 2.05) is 0 Å². The normalized spacial score (nSPS) is 21.2. The smallest absolute Gasteiger partial charge is 0.00730 e. The maximum Gasteiger partial charge on any atom is -0.00730 e. The summed E-state index contributed by atoms with van der Waals surface area (Å²) in [5.74, 6) is 1.35. The Balaban J connectivity index is 2.80. The summed E-state index contributed by atoms with van der Waals surface area (Å²) in [5.41, 5.74) is 4.15. The zero-order valence-electron chi connectivity index (χ0n) is 11.1. The van der Waals surface area contributed by atoms with Gasteiger partial charge in [-0.2, -0.15) is 0 Å². The van der Waals surface area contributed by atoms with Gasteiger partial charge in [-0.25, -0.2) is 0 Å². The summed E-state index contributed by atoms with van der Waals surface area (Å²) in [7, 11) is 0. The maximum absolute atomic E-state index is 4.26. The number of hydrogen-bond donors (Lipinski definition) is 0. The van der Waals surface area contributed by atoms with Gasteiger partial charge in [0.25, 0.3) is 0 Å². The summed E-state index contributed by atoms with van der Waals surface area (Å²) in [6, 6.07) is 0. The third-order valence-electron chi connectivity index (χ3n) is 3.40. The van der Waals surface area contributed by atoms with Crippen molar-refractivity contribution >= 4 is 0 Å². The van der Waals surface area contributed by atoms with Crippen LogP contribution in [0.25, 0.3) is 0 Å². The Morgan fingerprint density at radius 2 is 2.25 bits per heavy atom. The zero-order valence-corrected chi connectivity index (χ0v) is 11.1. The van der Waals surface area contributed by atoms with Gasteiger partial charge in [-0.1, -0.05) is 50.3 Å². The van der Waals surface area contributed by atoms with E-state index in [2.05, 4.69) is 58.6 Å². The van der Waals surface area contributed by atoms with Crippen LogP contribution in [-0.4, -0.2) is 0 Å². The van der Waals surface area contributed by atoms with Crippen molar-refractivity contribution < 1.29 is 0 Å². The highest BCUT2D eigenvalue weighted by Crippen LogP contribution is 2.34. The predicted molar refractivity (Wildman–Crippen MR) is 73.4 cm³/mol. The minimum absolute atomic E-state index is 0.655. The van der Waals surface area contributed by atoms with Gasteiger partial charge in [0.05, 0.1) is 0 Å². The first-order valence-corrected chi connectivity index (χ1v) is 6.23. The first-order chi connectivity index (χ1) is 7.56. The molecular formula is C16H24. The fourth-order valence-corrected chi connectivity index (χ4v) is 2.20. The van der Waals surface area contributed by atoms with Gasteiger partial charge in [0, 0.05) is 0 Å². The van der Waals surface area contributed by atoms with Crippen LogP contribution in [0.5, 0.6) is 0 Å². The van der Waals surface area contributed by atoms with Crippen LogP contribution in [0.1, 0.15) is 40.5 Å². The topological polar surface area (TPSA) is 0 Å². The third-order valence-corrected chi connectivity index (χ3v) is 3.40. The van der Waals surface area contributed by atoms with Crippen molar-refractivity contribution in [1.29, 1.82) is 0 Å². The molecule has 0 heterocycles. The van der Waals surface area contributed by atoms with E-state index in [1.165, 1.54) is 16.7 Å². The highest BCUT2D eigenvalue weighted by molar-refractivity contribution is 5.39. The van der Waals surface area contributed by atoms with E-state index in [9.17, 15) is 0 Å². The molecule has 0 spiro atoms. The molecule has 0 nitrogen and oxygen atoms in total. The second-order valence-corrected chi connectivity index (χ2v) is 5.05. The molecule has 0 amide bonds. The van der Waals surface area contributed by atoms with E-state index in [1.54, 1.807) is 0 Å². The Bertz CT molecular complexity index is 337. The Morgan fingerprint density at radius 3 is 2.81 bits per heavy atom. The van der Waals surface area contributed by atoms with Gasteiger partial charge < -0.3 is 0 Å². The minimum Gasteiger partial charge on any atom is -0.0952 e. The summed E-state index contributed by atoms with van der Waals surface area (Å²) in [6.45, 7) is 13.1. The summed E-state index contributed by atoms with van der Waals surface area (Å²) < 4.78 is 0. The van der Waals surface area contributed by atoms with Gasteiger partial charge in [0.15, 0.2) is 0 Å². The van der Waals surface area contributed by atoms with Crippen molar-refractivity contribution in [2.75, 3.05) is 0 Å². The summed E-state index contributed by atoms with van der Waals surface area (Å²) in [6.07, 6.45) is 11.0. The van der Waals surface area contributed by atoms with Crippen LogP contribution in [0.3, 0.4) is 0 Å². The van der Waals surface area contributed by atoms with Crippen molar-refractivity contribution in [3.8, 4) is 0 Å². The first-order valence-electron chi connectivity index (χ1n) is 6.23. The predicted octanol–water partition coefficient (Wildman–Crippen LogP) is 5.06. The van der Waals surface area contributed by atoms with Crippen LogP contribution >= 0.6 is 0 Å². The van der Waals surface area contributed by atoms with Crippen LogP contribution < -0.4 is 0 Å². The molecule has 0 aliphatic heterocycles. The molecule has 0 N–H and O–H groups in total. The molecule has 0 fully saturated rings.